The van der Waals surface area contributed by atoms with E-state index in [9.17, 15) is 13.2 Å². The Morgan fingerprint density at radius 3 is 2.71 bits per heavy atom. The van der Waals surface area contributed by atoms with Crippen LogP contribution in [0.2, 0.25) is 5.02 Å². The van der Waals surface area contributed by atoms with Crippen LogP contribution in [0.1, 0.15) is 5.69 Å². The van der Waals surface area contributed by atoms with Gasteiger partial charge in [-0.1, -0.05) is 30.5 Å². The molecule has 0 atom stereocenters. The first-order valence-corrected chi connectivity index (χ1v) is 6.94. The molecule has 2 rings (SSSR count). The molecule has 0 bridgehead atoms. The molecule has 1 N–H and O–H groups in total. The summed E-state index contributed by atoms with van der Waals surface area (Å²) >= 11 is 9.53. The van der Waals surface area contributed by atoms with Crippen molar-refractivity contribution in [2.75, 3.05) is 4.72 Å². The van der Waals surface area contributed by atoms with Crippen LogP contribution in [0, 0.1) is 11.3 Å². The molecule has 0 fully saturated rings. The third-order valence-corrected chi connectivity index (χ3v) is 3.64. The van der Waals surface area contributed by atoms with Gasteiger partial charge >= 0.3 is 5.51 Å². The first-order chi connectivity index (χ1) is 9.85. The number of benzene rings is 1. The topological polar surface area (TPSA) is 53.6 Å². The molecule has 0 aliphatic heterocycles. The van der Waals surface area contributed by atoms with Crippen molar-refractivity contribution in [2.45, 2.75) is 10.4 Å². The fourth-order valence-electron chi connectivity index (χ4n) is 1.59. The van der Waals surface area contributed by atoms with Crippen molar-refractivity contribution in [3.05, 3.63) is 35.1 Å². The standard InChI is InChI=1S/C11H6ClF3N4S2/c12-6-2-1-3-7(18-20)10(6)19-5-9(8(4-16)17-19)21-11(13,14)15/h1-3,5,18,20H. The van der Waals surface area contributed by atoms with Gasteiger partial charge in [0.25, 0.3) is 0 Å². The number of para-hydroxylation sites is 1. The van der Waals surface area contributed by atoms with Crippen molar-refractivity contribution >= 4 is 41.9 Å². The van der Waals surface area contributed by atoms with E-state index in [-0.39, 0.29) is 15.6 Å². The molecule has 2 aromatic rings. The van der Waals surface area contributed by atoms with E-state index < -0.39 is 17.3 Å². The van der Waals surface area contributed by atoms with E-state index in [1.807, 2.05) is 0 Å². The minimum Gasteiger partial charge on any atom is -0.330 e. The molecule has 0 saturated carbocycles. The summed E-state index contributed by atoms with van der Waals surface area (Å²) in [5.74, 6) is 0. The number of hydrogen-bond acceptors (Lipinski definition) is 5. The summed E-state index contributed by atoms with van der Waals surface area (Å²) in [5.41, 5.74) is -4.09. The smallest absolute Gasteiger partial charge is 0.330 e. The van der Waals surface area contributed by atoms with Crippen LogP contribution in [0.15, 0.2) is 29.3 Å². The highest BCUT2D eigenvalue weighted by Gasteiger charge is 2.32. The molecule has 0 unspecified atom stereocenters. The zero-order chi connectivity index (χ0) is 15.6. The van der Waals surface area contributed by atoms with E-state index in [0.29, 0.717) is 11.4 Å². The molecule has 0 aliphatic rings. The van der Waals surface area contributed by atoms with E-state index >= 15 is 0 Å². The van der Waals surface area contributed by atoms with E-state index in [1.165, 1.54) is 0 Å². The van der Waals surface area contributed by atoms with Crippen LogP contribution in [0.5, 0.6) is 0 Å². The van der Waals surface area contributed by atoms with Crippen molar-refractivity contribution in [1.82, 2.24) is 9.78 Å². The maximum absolute atomic E-state index is 12.5. The van der Waals surface area contributed by atoms with Crippen LogP contribution in [0.3, 0.4) is 0 Å². The predicted molar refractivity (Wildman–Crippen MR) is 77.8 cm³/mol. The third kappa shape index (κ3) is 3.58. The maximum atomic E-state index is 12.5. The average Bonchev–Trinajstić information content (AvgIpc) is 2.78. The second kappa shape index (κ2) is 6.09. The van der Waals surface area contributed by atoms with Gasteiger partial charge < -0.3 is 4.72 Å². The van der Waals surface area contributed by atoms with Crippen molar-refractivity contribution in [3.63, 3.8) is 0 Å². The number of thiol groups is 1. The van der Waals surface area contributed by atoms with Crippen molar-refractivity contribution < 1.29 is 13.2 Å². The Hall–Kier alpha value is -1.50. The van der Waals surface area contributed by atoms with Gasteiger partial charge in [-0.25, -0.2) is 4.68 Å². The van der Waals surface area contributed by atoms with Crippen molar-refractivity contribution in [3.8, 4) is 11.8 Å². The van der Waals surface area contributed by atoms with Gasteiger partial charge in [0.15, 0.2) is 5.69 Å². The first kappa shape index (κ1) is 15.9. The molecule has 0 radical (unpaired) electrons. The Morgan fingerprint density at radius 1 is 1.43 bits per heavy atom. The molecular formula is C11H6ClF3N4S2. The molecule has 1 aromatic carbocycles. The van der Waals surface area contributed by atoms with Gasteiger partial charge in [0, 0.05) is 6.20 Å². The van der Waals surface area contributed by atoms with Crippen molar-refractivity contribution in [2.24, 2.45) is 0 Å². The minimum atomic E-state index is -4.51. The largest absolute Gasteiger partial charge is 0.446 e. The number of halogens is 4. The number of aromatic nitrogens is 2. The molecule has 10 heteroatoms. The lowest BCUT2D eigenvalue weighted by Gasteiger charge is -2.09. The quantitative estimate of drug-likeness (QED) is 0.641. The van der Waals surface area contributed by atoms with E-state index in [1.54, 1.807) is 24.3 Å². The molecule has 0 saturated heterocycles. The molecule has 110 valence electrons. The summed E-state index contributed by atoms with van der Waals surface area (Å²) in [6.07, 6.45) is 1.10. The molecule has 21 heavy (non-hydrogen) atoms. The Labute approximate surface area is 132 Å². The Kier molecular flexibility index (Phi) is 4.61. The lowest BCUT2D eigenvalue weighted by molar-refractivity contribution is -0.0328. The molecule has 0 aliphatic carbocycles. The number of nitrogens with one attached hydrogen (secondary N) is 1. The lowest BCUT2D eigenvalue weighted by atomic mass is 10.3. The summed E-state index contributed by atoms with van der Waals surface area (Å²) in [6.45, 7) is 0. The Balaban J connectivity index is 2.55. The zero-order valence-electron chi connectivity index (χ0n) is 10.0. The molecule has 0 spiro atoms. The lowest BCUT2D eigenvalue weighted by Crippen LogP contribution is -2.00. The molecule has 4 nitrogen and oxygen atoms in total. The van der Waals surface area contributed by atoms with Crippen LogP contribution in [-0.4, -0.2) is 15.3 Å². The van der Waals surface area contributed by atoms with E-state index in [0.717, 1.165) is 10.9 Å². The molecule has 1 heterocycles. The van der Waals surface area contributed by atoms with Gasteiger partial charge in [-0.2, -0.15) is 23.5 Å². The highest BCUT2D eigenvalue weighted by atomic mass is 35.5. The van der Waals surface area contributed by atoms with Gasteiger partial charge in [0.2, 0.25) is 0 Å². The SMILES string of the molecule is N#Cc1nn(-c2c(Cl)cccc2NS)cc1SC(F)(F)F. The normalized spacial score (nSPS) is 11.2. The summed E-state index contributed by atoms with van der Waals surface area (Å²) in [5, 5.41) is 13.0. The first-order valence-electron chi connectivity index (χ1n) is 5.30. The summed E-state index contributed by atoms with van der Waals surface area (Å²) in [4.78, 5) is -0.296. The van der Waals surface area contributed by atoms with Gasteiger partial charge in [0.05, 0.1) is 15.6 Å². The number of alkyl halides is 3. The number of hydrogen-bond donors (Lipinski definition) is 2. The zero-order valence-corrected chi connectivity index (χ0v) is 12.5. The maximum Gasteiger partial charge on any atom is 0.446 e. The highest BCUT2D eigenvalue weighted by Crippen LogP contribution is 2.39. The van der Waals surface area contributed by atoms with Gasteiger partial charge in [0.1, 0.15) is 11.8 Å². The number of nitrogens with zero attached hydrogens (tertiary/aromatic N) is 3. The second-order valence-electron chi connectivity index (χ2n) is 3.69. The predicted octanol–water partition coefficient (Wildman–Crippen LogP) is 4.27. The molecule has 1 aromatic heterocycles. The average molecular weight is 351 g/mol. The number of nitriles is 1. The number of rotatable bonds is 3. The molecule has 0 amide bonds. The van der Waals surface area contributed by atoms with Gasteiger partial charge in [-0.15, -0.1) is 0 Å². The Morgan fingerprint density at radius 2 is 2.14 bits per heavy atom. The molecular weight excluding hydrogens is 345 g/mol. The highest BCUT2D eigenvalue weighted by molar-refractivity contribution is 8.00. The van der Waals surface area contributed by atoms with Gasteiger partial charge in [-0.3, -0.25) is 0 Å². The number of anilines is 1. The summed E-state index contributed by atoms with van der Waals surface area (Å²) in [6, 6.07) is 6.45. The van der Waals surface area contributed by atoms with Crippen LogP contribution in [0.25, 0.3) is 5.69 Å². The van der Waals surface area contributed by atoms with Crippen LogP contribution >= 0.6 is 36.2 Å². The fraction of sp³-hybridized carbons (Fsp3) is 0.0909. The van der Waals surface area contributed by atoms with E-state index in [4.69, 9.17) is 16.9 Å². The Bertz CT molecular complexity index is 708. The minimum absolute atomic E-state index is 0.254. The summed E-state index contributed by atoms with van der Waals surface area (Å²) < 4.78 is 41.1. The van der Waals surface area contributed by atoms with Gasteiger partial charge in [-0.05, 0) is 23.9 Å². The number of thioether (sulfide) groups is 1. The third-order valence-electron chi connectivity index (χ3n) is 2.35. The van der Waals surface area contributed by atoms with E-state index in [2.05, 4.69) is 22.6 Å². The summed E-state index contributed by atoms with van der Waals surface area (Å²) in [7, 11) is 0. The van der Waals surface area contributed by atoms with Crippen LogP contribution in [-0.2, 0) is 0 Å². The monoisotopic (exact) mass is 350 g/mol. The van der Waals surface area contributed by atoms with Crippen molar-refractivity contribution in [1.29, 1.82) is 5.26 Å². The fourth-order valence-corrected chi connectivity index (χ4v) is 2.61. The van der Waals surface area contributed by atoms with Crippen LogP contribution < -0.4 is 4.72 Å². The van der Waals surface area contributed by atoms with Crippen LogP contribution in [0.4, 0.5) is 18.9 Å². The second-order valence-corrected chi connectivity index (χ2v) is 5.43.